The van der Waals surface area contributed by atoms with E-state index >= 15 is 0 Å². The number of hydrogen-bond acceptors (Lipinski definition) is 3. The Bertz CT molecular complexity index is 551. The van der Waals surface area contributed by atoms with E-state index in [-0.39, 0.29) is 0 Å². The van der Waals surface area contributed by atoms with Gasteiger partial charge in [-0.15, -0.1) is 0 Å². The van der Waals surface area contributed by atoms with Crippen LogP contribution in [-0.2, 0) is 6.54 Å². The molecule has 4 heteroatoms. The molecule has 110 valence electrons. The molecule has 1 saturated heterocycles. The predicted octanol–water partition coefficient (Wildman–Crippen LogP) is 3.78. The molecule has 1 fully saturated rings. The molecule has 0 N–H and O–H groups in total. The number of ether oxygens (including phenoxy) is 1. The summed E-state index contributed by atoms with van der Waals surface area (Å²) in [6, 6.07) is 11.8. The van der Waals surface area contributed by atoms with Gasteiger partial charge in [-0.3, -0.25) is 9.88 Å². The summed E-state index contributed by atoms with van der Waals surface area (Å²) in [5.74, 6) is 0.909. The fraction of sp³-hybridized carbons (Fsp3) is 0.353. The minimum atomic E-state index is 0.305. The molecule has 21 heavy (non-hydrogen) atoms. The summed E-state index contributed by atoms with van der Waals surface area (Å²) in [6.45, 7) is 3.14. The highest BCUT2D eigenvalue weighted by molar-refractivity contribution is 6.30. The van der Waals surface area contributed by atoms with Crippen molar-refractivity contribution >= 4 is 11.6 Å². The van der Waals surface area contributed by atoms with Crippen molar-refractivity contribution in [3.63, 3.8) is 0 Å². The Labute approximate surface area is 130 Å². The van der Waals surface area contributed by atoms with Gasteiger partial charge in [0.15, 0.2) is 0 Å². The summed E-state index contributed by atoms with van der Waals surface area (Å²) in [7, 11) is 0. The normalized spacial score (nSPS) is 16.8. The number of rotatable bonds is 4. The van der Waals surface area contributed by atoms with Crippen molar-refractivity contribution in [2.75, 3.05) is 13.1 Å². The van der Waals surface area contributed by atoms with Crippen molar-refractivity contribution in [1.29, 1.82) is 0 Å². The van der Waals surface area contributed by atoms with Gasteiger partial charge in [-0.25, -0.2) is 0 Å². The van der Waals surface area contributed by atoms with Crippen LogP contribution in [0.4, 0.5) is 0 Å². The molecule has 0 aliphatic carbocycles. The maximum Gasteiger partial charge on any atom is 0.119 e. The van der Waals surface area contributed by atoms with Crippen LogP contribution in [0.2, 0.25) is 5.02 Å². The Hall–Kier alpha value is -1.58. The molecule has 1 aliphatic rings. The topological polar surface area (TPSA) is 25.4 Å². The van der Waals surface area contributed by atoms with Crippen LogP contribution in [0.3, 0.4) is 0 Å². The Balaban J connectivity index is 1.47. The monoisotopic (exact) mass is 302 g/mol. The zero-order valence-electron chi connectivity index (χ0n) is 11.9. The van der Waals surface area contributed by atoms with Gasteiger partial charge in [0, 0.05) is 37.1 Å². The van der Waals surface area contributed by atoms with Gasteiger partial charge in [-0.1, -0.05) is 11.6 Å². The lowest BCUT2D eigenvalue weighted by atomic mass is 10.1. The Morgan fingerprint density at radius 3 is 2.38 bits per heavy atom. The van der Waals surface area contributed by atoms with Gasteiger partial charge in [-0.2, -0.15) is 0 Å². The van der Waals surface area contributed by atoms with Crippen LogP contribution in [0.5, 0.6) is 5.75 Å². The number of aromatic nitrogens is 1. The average molecular weight is 303 g/mol. The second kappa shape index (κ2) is 6.92. The van der Waals surface area contributed by atoms with Gasteiger partial charge in [0.1, 0.15) is 11.9 Å². The van der Waals surface area contributed by atoms with E-state index in [1.807, 2.05) is 36.7 Å². The molecule has 0 spiro atoms. The van der Waals surface area contributed by atoms with E-state index in [4.69, 9.17) is 16.3 Å². The number of pyridine rings is 1. The third-order valence-electron chi connectivity index (χ3n) is 3.81. The molecule has 1 aliphatic heterocycles. The molecule has 0 unspecified atom stereocenters. The Morgan fingerprint density at radius 2 is 1.71 bits per heavy atom. The number of piperidine rings is 1. The fourth-order valence-electron chi connectivity index (χ4n) is 2.64. The van der Waals surface area contributed by atoms with Crippen molar-refractivity contribution in [2.45, 2.75) is 25.5 Å². The first-order chi connectivity index (χ1) is 10.3. The quantitative estimate of drug-likeness (QED) is 0.859. The van der Waals surface area contributed by atoms with Crippen LogP contribution < -0.4 is 4.74 Å². The largest absolute Gasteiger partial charge is 0.490 e. The predicted molar refractivity (Wildman–Crippen MR) is 84.6 cm³/mol. The first-order valence-corrected chi connectivity index (χ1v) is 7.71. The van der Waals surface area contributed by atoms with Crippen LogP contribution in [0.25, 0.3) is 0 Å². The number of halogens is 1. The van der Waals surface area contributed by atoms with Gasteiger partial charge in [0.2, 0.25) is 0 Å². The lowest BCUT2D eigenvalue weighted by Crippen LogP contribution is -2.37. The molecule has 3 rings (SSSR count). The highest BCUT2D eigenvalue weighted by Crippen LogP contribution is 2.21. The molecule has 0 saturated carbocycles. The zero-order chi connectivity index (χ0) is 14.5. The van der Waals surface area contributed by atoms with E-state index in [1.165, 1.54) is 5.56 Å². The van der Waals surface area contributed by atoms with Crippen LogP contribution in [0.1, 0.15) is 18.4 Å². The number of nitrogens with zero attached hydrogens (tertiary/aromatic N) is 2. The molecule has 0 amide bonds. The first-order valence-electron chi connectivity index (χ1n) is 7.33. The third-order valence-corrected chi connectivity index (χ3v) is 4.06. The van der Waals surface area contributed by atoms with Crippen molar-refractivity contribution in [3.05, 3.63) is 59.4 Å². The zero-order valence-corrected chi connectivity index (χ0v) is 12.7. The standard InChI is InChI=1S/C17H19ClN2O/c18-15-1-3-16(4-2-15)21-17-7-11-20(12-8-17)13-14-5-9-19-10-6-14/h1-6,9-10,17H,7-8,11-13H2. The molecule has 2 heterocycles. The van der Waals surface area contributed by atoms with Crippen molar-refractivity contribution in [1.82, 2.24) is 9.88 Å². The molecule has 1 aromatic carbocycles. The summed E-state index contributed by atoms with van der Waals surface area (Å²) in [5, 5.41) is 0.745. The lowest BCUT2D eigenvalue weighted by Gasteiger charge is -2.32. The van der Waals surface area contributed by atoms with Gasteiger partial charge in [0.05, 0.1) is 0 Å². The summed E-state index contributed by atoms with van der Waals surface area (Å²) in [6.07, 6.45) is 6.14. The molecular weight excluding hydrogens is 284 g/mol. The molecule has 3 nitrogen and oxygen atoms in total. The maximum absolute atomic E-state index is 6.01. The van der Waals surface area contributed by atoms with E-state index in [0.29, 0.717) is 6.10 Å². The van der Waals surface area contributed by atoms with Crippen LogP contribution in [0.15, 0.2) is 48.8 Å². The Kier molecular flexibility index (Phi) is 4.73. The van der Waals surface area contributed by atoms with E-state index in [1.54, 1.807) is 0 Å². The lowest BCUT2D eigenvalue weighted by molar-refractivity contribution is 0.0968. The van der Waals surface area contributed by atoms with Crippen LogP contribution >= 0.6 is 11.6 Å². The third kappa shape index (κ3) is 4.19. The molecule has 1 aromatic heterocycles. The average Bonchev–Trinajstić information content (AvgIpc) is 2.53. The number of likely N-dealkylation sites (tertiary alicyclic amines) is 1. The number of hydrogen-bond donors (Lipinski definition) is 0. The van der Waals surface area contributed by atoms with Gasteiger partial charge in [-0.05, 0) is 54.8 Å². The highest BCUT2D eigenvalue weighted by Gasteiger charge is 2.20. The molecular formula is C17H19ClN2O. The van der Waals surface area contributed by atoms with Gasteiger partial charge < -0.3 is 4.74 Å². The summed E-state index contributed by atoms with van der Waals surface area (Å²) < 4.78 is 6.01. The van der Waals surface area contributed by atoms with E-state index < -0.39 is 0 Å². The van der Waals surface area contributed by atoms with E-state index in [0.717, 1.165) is 43.2 Å². The summed E-state index contributed by atoms with van der Waals surface area (Å²) in [5.41, 5.74) is 1.32. The molecule has 0 radical (unpaired) electrons. The summed E-state index contributed by atoms with van der Waals surface area (Å²) >= 11 is 5.88. The molecule has 0 atom stereocenters. The van der Waals surface area contributed by atoms with E-state index in [2.05, 4.69) is 22.0 Å². The molecule has 0 bridgehead atoms. The smallest absolute Gasteiger partial charge is 0.119 e. The SMILES string of the molecule is Clc1ccc(OC2CCN(Cc3ccncc3)CC2)cc1. The van der Waals surface area contributed by atoms with Crippen LogP contribution in [-0.4, -0.2) is 29.1 Å². The van der Waals surface area contributed by atoms with Crippen molar-refractivity contribution < 1.29 is 4.74 Å². The second-order valence-electron chi connectivity index (χ2n) is 5.40. The number of benzene rings is 1. The Morgan fingerprint density at radius 1 is 1.05 bits per heavy atom. The van der Waals surface area contributed by atoms with E-state index in [9.17, 15) is 0 Å². The highest BCUT2D eigenvalue weighted by atomic mass is 35.5. The van der Waals surface area contributed by atoms with Gasteiger partial charge in [0.25, 0.3) is 0 Å². The minimum Gasteiger partial charge on any atom is -0.490 e. The van der Waals surface area contributed by atoms with Crippen LogP contribution in [0, 0.1) is 0 Å². The maximum atomic E-state index is 6.01. The fourth-order valence-corrected chi connectivity index (χ4v) is 2.76. The first kappa shape index (κ1) is 14.4. The second-order valence-corrected chi connectivity index (χ2v) is 5.84. The summed E-state index contributed by atoms with van der Waals surface area (Å²) in [4.78, 5) is 6.52. The van der Waals surface area contributed by atoms with Crippen molar-refractivity contribution in [2.24, 2.45) is 0 Å². The minimum absolute atomic E-state index is 0.305. The molecule has 2 aromatic rings. The van der Waals surface area contributed by atoms with Crippen molar-refractivity contribution in [3.8, 4) is 5.75 Å². The van der Waals surface area contributed by atoms with Gasteiger partial charge >= 0.3 is 0 Å².